The van der Waals surface area contributed by atoms with Gasteiger partial charge in [-0.15, -0.1) is 0 Å². The molecule has 17 heavy (non-hydrogen) atoms. The molecular formula is C10H15NO5S. The van der Waals surface area contributed by atoms with Gasteiger partial charge in [0.15, 0.2) is 9.84 Å². The maximum absolute atomic E-state index is 11.9. The molecule has 2 aliphatic rings. The van der Waals surface area contributed by atoms with Crippen molar-refractivity contribution in [3.63, 3.8) is 0 Å². The lowest BCUT2D eigenvalue weighted by Crippen LogP contribution is -2.30. The number of rotatable bonds is 2. The zero-order valence-electron chi connectivity index (χ0n) is 9.50. The van der Waals surface area contributed by atoms with Crippen LogP contribution in [0.3, 0.4) is 0 Å². The van der Waals surface area contributed by atoms with Crippen molar-refractivity contribution < 1.29 is 23.1 Å². The topological polar surface area (TPSA) is 91.8 Å². The molecule has 0 spiro atoms. The summed E-state index contributed by atoms with van der Waals surface area (Å²) in [6.07, 6.45) is -0.133. The summed E-state index contributed by atoms with van der Waals surface area (Å²) in [5, 5.41) is 8.20. The number of sulfone groups is 1. The van der Waals surface area contributed by atoms with E-state index in [-0.39, 0.29) is 36.5 Å². The number of amides is 1. The van der Waals surface area contributed by atoms with Crippen molar-refractivity contribution in [3.8, 4) is 0 Å². The molecule has 3 atom stereocenters. The summed E-state index contributed by atoms with van der Waals surface area (Å²) in [7, 11) is -3.24. The van der Waals surface area contributed by atoms with Crippen LogP contribution in [-0.4, -0.2) is 54.4 Å². The molecule has 1 N–H and O–H groups in total. The van der Waals surface area contributed by atoms with E-state index in [2.05, 4.69) is 0 Å². The van der Waals surface area contributed by atoms with Gasteiger partial charge in [0.25, 0.3) is 0 Å². The molecule has 2 saturated heterocycles. The summed E-state index contributed by atoms with van der Waals surface area (Å²) < 4.78 is 23.7. The number of carbonyl (C=O) groups is 2. The normalized spacial score (nSPS) is 34.6. The van der Waals surface area contributed by atoms with Crippen molar-refractivity contribution >= 4 is 21.7 Å². The molecule has 2 rings (SSSR count). The lowest BCUT2D eigenvalue weighted by molar-refractivity contribution is -0.138. The van der Waals surface area contributed by atoms with Crippen molar-refractivity contribution in [3.05, 3.63) is 0 Å². The number of likely N-dealkylation sites (tertiary alicyclic amines) is 1. The SMILES string of the molecule is CC(=O)N1C[C@@H]2[C@@H](CC(=O)O)CS(=O)(=O)[C@@H]2C1. The van der Waals surface area contributed by atoms with Gasteiger partial charge in [-0.25, -0.2) is 8.42 Å². The number of nitrogens with zero attached hydrogens (tertiary/aromatic N) is 1. The molecule has 0 aromatic heterocycles. The Balaban J connectivity index is 2.21. The average molecular weight is 261 g/mol. The Labute approximate surface area is 99.5 Å². The van der Waals surface area contributed by atoms with E-state index in [1.807, 2.05) is 0 Å². The van der Waals surface area contributed by atoms with Gasteiger partial charge in [0.2, 0.25) is 5.91 Å². The third-order valence-corrected chi connectivity index (χ3v) is 6.02. The highest BCUT2D eigenvalue weighted by atomic mass is 32.2. The fourth-order valence-corrected chi connectivity index (χ4v) is 5.33. The number of carboxylic acid groups (broad SMARTS) is 1. The van der Waals surface area contributed by atoms with Crippen LogP contribution in [0.4, 0.5) is 0 Å². The summed E-state index contributed by atoms with van der Waals surface area (Å²) in [5.74, 6) is -1.75. The number of carbonyl (C=O) groups excluding carboxylic acids is 1. The van der Waals surface area contributed by atoms with Gasteiger partial charge in [-0.2, -0.15) is 0 Å². The molecule has 0 bridgehead atoms. The van der Waals surface area contributed by atoms with E-state index in [0.717, 1.165) is 0 Å². The molecule has 2 heterocycles. The van der Waals surface area contributed by atoms with Gasteiger partial charge in [-0.1, -0.05) is 0 Å². The molecule has 0 aromatic rings. The molecule has 0 radical (unpaired) electrons. The van der Waals surface area contributed by atoms with Gasteiger partial charge in [0, 0.05) is 26.4 Å². The summed E-state index contributed by atoms with van der Waals surface area (Å²) in [6, 6.07) is 0. The molecule has 7 heteroatoms. The first kappa shape index (κ1) is 12.3. The highest BCUT2D eigenvalue weighted by Gasteiger charge is 2.52. The lowest BCUT2D eigenvalue weighted by atomic mass is 9.91. The Bertz CT molecular complexity index is 457. The van der Waals surface area contributed by atoms with Crippen LogP contribution in [-0.2, 0) is 19.4 Å². The van der Waals surface area contributed by atoms with Crippen LogP contribution < -0.4 is 0 Å². The van der Waals surface area contributed by atoms with Crippen LogP contribution >= 0.6 is 0 Å². The monoisotopic (exact) mass is 261 g/mol. The second kappa shape index (κ2) is 3.97. The van der Waals surface area contributed by atoms with Crippen LogP contribution in [0, 0.1) is 11.8 Å². The standard InChI is InChI=1S/C10H15NO5S/c1-6(12)11-3-8-7(2-10(13)14)5-17(15,16)9(8)4-11/h7-9H,2-5H2,1H3,(H,13,14)/t7-,8+,9+/m0/s1. The van der Waals surface area contributed by atoms with E-state index in [4.69, 9.17) is 5.11 Å². The number of carboxylic acids is 1. The maximum Gasteiger partial charge on any atom is 0.303 e. The fourth-order valence-electron chi connectivity index (χ4n) is 2.87. The van der Waals surface area contributed by atoms with Gasteiger partial charge in [0.1, 0.15) is 0 Å². The van der Waals surface area contributed by atoms with Crippen LogP contribution in [0.25, 0.3) is 0 Å². The third-order valence-electron chi connectivity index (χ3n) is 3.70. The molecule has 2 aliphatic heterocycles. The van der Waals surface area contributed by atoms with Crippen LogP contribution in [0.1, 0.15) is 13.3 Å². The molecule has 0 aromatic carbocycles. The predicted octanol–water partition coefficient (Wildman–Crippen LogP) is -0.647. The first-order valence-electron chi connectivity index (χ1n) is 5.50. The minimum Gasteiger partial charge on any atom is -0.481 e. The van der Waals surface area contributed by atoms with Gasteiger partial charge in [-0.3, -0.25) is 9.59 Å². The molecule has 0 aliphatic carbocycles. The second-order valence-corrected chi connectivity index (χ2v) is 7.08. The number of aliphatic carboxylic acids is 1. The summed E-state index contributed by atoms with van der Waals surface area (Å²) in [5.41, 5.74) is 0. The number of hydrogen-bond donors (Lipinski definition) is 1. The van der Waals surface area contributed by atoms with Crippen LogP contribution in [0.15, 0.2) is 0 Å². The van der Waals surface area contributed by atoms with Crippen molar-refractivity contribution in [2.24, 2.45) is 11.8 Å². The Morgan fingerprint density at radius 1 is 1.35 bits per heavy atom. The highest BCUT2D eigenvalue weighted by molar-refractivity contribution is 7.92. The third kappa shape index (κ3) is 2.15. The smallest absolute Gasteiger partial charge is 0.303 e. The zero-order valence-corrected chi connectivity index (χ0v) is 10.3. The molecule has 96 valence electrons. The van der Waals surface area contributed by atoms with Crippen molar-refractivity contribution in [2.45, 2.75) is 18.6 Å². The van der Waals surface area contributed by atoms with E-state index in [1.165, 1.54) is 11.8 Å². The number of hydrogen-bond acceptors (Lipinski definition) is 4. The van der Waals surface area contributed by atoms with E-state index in [9.17, 15) is 18.0 Å². The van der Waals surface area contributed by atoms with Crippen molar-refractivity contribution in [2.75, 3.05) is 18.8 Å². The Kier molecular flexibility index (Phi) is 2.89. The summed E-state index contributed by atoms with van der Waals surface area (Å²) >= 11 is 0. The predicted molar refractivity (Wildman–Crippen MR) is 59.1 cm³/mol. The first-order chi connectivity index (χ1) is 7.81. The van der Waals surface area contributed by atoms with E-state index >= 15 is 0 Å². The minimum absolute atomic E-state index is 0.0552. The lowest BCUT2D eigenvalue weighted by Gasteiger charge is -2.17. The van der Waals surface area contributed by atoms with Crippen LogP contribution in [0.5, 0.6) is 0 Å². The fraction of sp³-hybridized carbons (Fsp3) is 0.800. The molecule has 0 unspecified atom stereocenters. The highest BCUT2D eigenvalue weighted by Crippen LogP contribution is 2.39. The zero-order chi connectivity index (χ0) is 12.8. The maximum atomic E-state index is 11.9. The quantitative estimate of drug-likeness (QED) is 0.713. The van der Waals surface area contributed by atoms with E-state index < -0.39 is 21.1 Å². The van der Waals surface area contributed by atoms with Crippen molar-refractivity contribution in [1.29, 1.82) is 0 Å². The molecule has 0 saturated carbocycles. The molecule has 1 amide bonds. The van der Waals surface area contributed by atoms with E-state index in [0.29, 0.717) is 6.54 Å². The molecule has 2 fully saturated rings. The average Bonchev–Trinajstić information content (AvgIpc) is 2.67. The Hall–Kier alpha value is -1.11. The second-order valence-electron chi connectivity index (χ2n) is 4.81. The minimum atomic E-state index is -3.24. The van der Waals surface area contributed by atoms with Crippen molar-refractivity contribution in [1.82, 2.24) is 4.90 Å². The van der Waals surface area contributed by atoms with Gasteiger partial charge in [0.05, 0.1) is 11.0 Å². The Morgan fingerprint density at radius 2 is 2.00 bits per heavy atom. The Morgan fingerprint density at radius 3 is 2.53 bits per heavy atom. The summed E-state index contributed by atoms with van der Waals surface area (Å²) in [4.78, 5) is 23.4. The van der Waals surface area contributed by atoms with E-state index in [1.54, 1.807) is 0 Å². The van der Waals surface area contributed by atoms with Gasteiger partial charge < -0.3 is 10.0 Å². The largest absolute Gasteiger partial charge is 0.481 e. The first-order valence-corrected chi connectivity index (χ1v) is 7.21. The summed E-state index contributed by atoms with van der Waals surface area (Å²) in [6.45, 7) is 2.00. The van der Waals surface area contributed by atoms with Gasteiger partial charge >= 0.3 is 5.97 Å². The van der Waals surface area contributed by atoms with Crippen LogP contribution in [0.2, 0.25) is 0 Å². The molecular weight excluding hydrogens is 246 g/mol. The van der Waals surface area contributed by atoms with Gasteiger partial charge in [-0.05, 0) is 11.8 Å². The number of fused-ring (bicyclic) bond motifs is 1. The molecule has 6 nitrogen and oxygen atoms in total.